The molecule has 2 rings (SSSR count). The van der Waals surface area contributed by atoms with Gasteiger partial charge in [0.2, 0.25) is 0 Å². The van der Waals surface area contributed by atoms with Crippen LogP contribution < -0.4 is 5.32 Å². The van der Waals surface area contributed by atoms with Gasteiger partial charge in [0.05, 0.1) is 18.9 Å². The van der Waals surface area contributed by atoms with Crippen molar-refractivity contribution in [3.05, 3.63) is 12.4 Å². The minimum atomic E-state index is 0.579. The van der Waals surface area contributed by atoms with Crippen molar-refractivity contribution in [1.82, 2.24) is 10.2 Å². The van der Waals surface area contributed by atoms with Gasteiger partial charge >= 0.3 is 0 Å². The topological polar surface area (TPSA) is 27.6 Å². The Balaban J connectivity index is 2.17. The standard InChI is InChI=1S/C6H9N3/c1-2-9-5-8-4-6(9)3-7-1/h1-2,5-7H,3-4H2. The van der Waals surface area contributed by atoms with Gasteiger partial charge in [-0.05, 0) is 0 Å². The molecule has 0 aromatic carbocycles. The van der Waals surface area contributed by atoms with Crippen molar-refractivity contribution in [2.45, 2.75) is 6.04 Å². The second-order valence-corrected chi connectivity index (χ2v) is 2.31. The van der Waals surface area contributed by atoms with Crippen LogP contribution in [0.25, 0.3) is 0 Å². The molecule has 48 valence electrons. The summed E-state index contributed by atoms with van der Waals surface area (Å²) in [6.45, 7) is 1.97. The van der Waals surface area contributed by atoms with Crippen LogP contribution in [0.4, 0.5) is 0 Å². The van der Waals surface area contributed by atoms with Crippen LogP contribution in [0, 0.1) is 0 Å². The minimum absolute atomic E-state index is 0.579. The first kappa shape index (κ1) is 4.85. The summed E-state index contributed by atoms with van der Waals surface area (Å²) in [4.78, 5) is 6.27. The summed E-state index contributed by atoms with van der Waals surface area (Å²) in [7, 11) is 0. The maximum atomic E-state index is 4.14. The van der Waals surface area contributed by atoms with E-state index in [2.05, 4.69) is 15.2 Å². The monoisotopic (exact) mass is 123 g/mol. The third-order valence-electron chi connectivity index (χ3n) is 1.67. The van der Waals surface area contributed by atoms with Gasteiger partial charge in [-0.25, -0.2) is 0 Å². The number of rotatable bonds is 0. The quantitative estimate of drug-likeness (QED) is 0.482. The van der Waals surface area contributed by atoms with Crippen molar-refractivity contribution in [3.8, 4) is 0 Å². The van der Waals surface area contributed by atoms with Gasteiger partial charge in [0.25, 0.3) is 0 Å². The van der Waals surface area contributed by atoms with Crippen LogP contribution in [0.5, 0.6) is 0 Å². The molecule has 3 nitrogen and oxygen atoms in total. The third-order valence-corrected chi connectivity index (χ3v) is 1.67. The lowest BCUT2D eigenvalue weighted by molar-refractivity contribution is 0.414. The molecule has 1 N–H and O–H groups in total. The van der Waals surface area contributed by atoms with E-state index >= 15 is 0 Å². The molecule has 0 fully saturated rings. The van der Waals surface area contributed by atoms with Gasteiger partial charge in [-0.15, -0.1) is 0 Å². The Morgan fingerprint density at radius 3 is 3.56 bits per heavy atom. The van der Waals surface area contributed by atoms with Crippen LogP contribution in [0.15, 0.2) is 17.4 Å². The van der Waals surface area contributed by atoms with Crippen molar-refractivity contribution < 1.29 is 0 Å². The van der Waals surface area contributed by atoms with Gasteiger partial charge in [0, 0.05) is 18.9 Å². The molecule has 0 aromatic rings. The highest BCUT2D eigenvalue weighted by molar-refractivity contribution is 5.60. The lowest BCUT2D eigenvalue weighted by atomic mass is 10.2. The molecule has 3 heteroatoms. The molecule has 2 heterocycles. The van der Waals surface area contributed by atoms with Gasteiger partial charge in [-0.1, -0.05) is 0 Å². The first-order valence-electron chi connectivity index (χ1n) is 3.14. The van der Waals surface area contributed by atoms with E-state index in [0.717, 1.165) is 13.1 Å². The zero-order valence-electron chi connectivity index (χ0n) is 5.12. The van der Waals surface area contributed by atoms with Crippen LogP contribution in [-0.4, -0.2) is 30.4 Å². The molecule has 0 aromatic heterocycles. The van der Waals surface area contributed by atoms with Gasteiger partial charge in [0.15, 0.2) is 0 Å². The van der Waals surface area contributed by atoms with Gasteiger partial charge in [-0.3, -0.25) is 4.99 Å². The van der Waals surface area contributed by atoms with Gasteiger partial charge in [-0.2, -0.15) is 0 Å². The molecule has 2 aliphatic heterocycles. The van der Waals surface area contributed by atoms with E-state index in [4.69, 9.17) is 0 Å². The fourth-order valence-electron chi connectivity index (χ4n) is 1.12. The Bertz CT molecular complexity index is 162. The summed E-state index contributed by atoms with van der Waals surface area (Å²) in [5, 5.41) is 3.15. The predicted molar refractivity (Wildman–Crippen MR) is 36.1 cm³/mol. The van der Waals surface area contributed by atoms with Crippen LogP contribution in [0.2, 0.25) is 0 Å². The van der Waals surface area contributed by atoms with Crippen LogP contribution in [0.1, 0.15) is 0 Å². The molecule has 0 aliphatic carbocycles. The number of nitrogens with one attached hydrogen (secondary N) is 1. The van der Waals surface area contributed by atoms with Crippen LogP contribution >= 0.6 is 0 Å². The van der Waals surface area contributed by atoms with E-state index < -0.39 is 0 Å². The largest absolute Gasteiger partial charge is 0.388 e. The summed E-state index contributed by atoms with van der Waals surface area (Å²) in [5.74, 6) is 0. The molecule has 0 amide bonds. The van der Waals surface area contributed by atoms with Crippen molar-refractivity contribution in [2.24, 2.45) is 4.99 Å². The Labute approximate surface area is 54.1 Å². The molecule has 0 spiro atoms. The minimum Gasteiger partial charge on any atom is -0.388 e. The number of hydrogen-bond acceptors (Lipinski definition) is 3. The summed E-state index contributed by atoms with van der Waals surface area (Å²) in [6, 6.07) is 0.579. The number of fused-ring (bicyclic) bond motifs is 1. The zero-order valence-corrected chi connectivity index (χ0v) is 5.12. The van der Waals surface area contributed by atoms with Gasteiger partial charge in [0.1, 0.15) is 0 Å². The Morgan fingerprint density at radius 1 is 1.67 bits per heavy atom. The summed E-state index contributed by atoms with van der Waals surface area (Å²) < 4.78 is 0. The molecule has 0 radical (unpaired) electrons. The highest BCUT2D eigenvalue weighted by atomic mass is 15.3. The summed E-state index contributed by atoms with van der Waals surface area (Å²) >= 11 is 0. The molecular formula is C6H9N3. The fourth-order valence-corrected chi connectivity index (χ4v) is 1.12. The second kappa shape index (κ2) is 1.76. The summed E-state index contributed by atoms with van der Waals surface area (Å²) in [5.41, 5.74) is 0. The fraction of sp³-hybridized carbons (Fsp3) is 0.500. The molecule has 2 aliphatic rings. The highest BCUT2D eigenvalue weighted by Gasteiger charge is 2.19. The van der Waals surface area contributed by atoms with Crippen molar-refractivity contribution in [2.75, 3.05) is 13.1 Å². The maximum Gasteiger partial charge on any atom is 0.0894 e. The van der Waals surface area contributed by atoms with E-state index in [1.165, 1.54) is 0 Å². The Morgan fingerprint density at radius 2 is 2.67 bits per heavy atom. The third kappa shape index (κ3) is 0.686. The van der Waals surface area contributed by atoms with Crippen molar-refractivity contribution in [1.29, 1.82) is 0 Å². The first-order valence-corrected chi connectivity index (χ1v) is 3.14. The van der Waals surface area contributed by atoms with E-state index in [9.17, 15) is 0 Å². The van der Waals surface area contributed by atoms with E-state index in [-0.39, 0.29) is 0 Å². The molecule has 9 heavy (non-hydrogen) atoms. The van der Waals surface area contributed by atoms with Crippen molar-refractivity contribution >= 4 is 6.34 Å². The maximum absolute atomic E-state index is 4.14. The number of nitrogens with zero attached hydrogens (tertiary/aromatic N) is 2. The normalized spacial score (nSPS) is 30.2. The molecule has 0 saturated heterocycles. The Kier molecular flexibility index (Phi) is 0.946. The number of aliphatic imine (C=N–C) groups is 1. The molecule has 1 atom stereocenters. The Hall–Kier alpha value is -0.990. The SMILES string of the molecule is C1=CN2C=NCC2CN1. The average molecular weight is 123 g/mol. The lowest BCUT2D eigenvalue weighted by Crippen LogP contribution is -2.39. The predicted octanol–water partition coefficient (Wildman–Crippen LogP) is -0.227. The van der Waals surface area contributed by atoms with E-state index in [1.807, 2.05) is 18.7 Å². The molecule has 0 saturated carbocycles. The number of hydrogen-bond donors (Lipinski definition) is 1. The van der Waals surface area contributed by atoms with Crippen LogP contribution in [0.3, 0.4) is 0 Å². The second-order valence-electron chi connectivity index (χ2n) is 2.31. The van der Waals surface area contributed by atoms with Crippen molar-refractivity contribution in [3.63, 3.8) is 0 Å². The van der Waals surface area contributed by atoms with Gasteiger partial charge < -0.3 is 10.2 Å². The molecule has 1 unspecified atom stereocenters. The zero-order chi connectivity index (χ0) is 6.10. The summed E-state index contributed by atoms with van der Waals surface area (Å²) in [6.07, 6.45) is 5.86. The van der Waals surface area contributed by atoms with E-state index in [1.54, 1.807) is 0 Å². The lowest BCUT2D eigenvalue weighted by Gasteiger charge is -2.23. The highest BCUT2D eigenvalue weighted by Crippen LogP contribution is 2.06. The molecule has 0 bridgehead atoms. The van der Waals surface area contributed by atoms with Crippen LogP contribution in [-0.2, 0) is 0 Å². The van der Waals surface area contributed by atoms with E-state index in [0.29, 0.717) is 6.04 Å². The average Bonchev–Trinajstić information content (AvgIpc) is 2.33. The first-order chi connectivity index (χ1) is 4.47. The smallest absolute Gasteiger partial charge is 0.0894 e. The molecular weight excluding hydrogens is 114 g/mol.